The number of fused-ring (bicyclic) bond motifs is 16. The second kappa shape index (κ2) is 13.3. The van der Waals surface area contributed by atoms with Crippen molar-refractivity contribution >= 4 is 49.6 Å². The van der Waals surface area contributed by atoms with E-state index in [-0.39, 0.29) is 5.41 Å². The summed E-state index contributed by atoms with van der Waals surface area (Å²) < 4.78 is 2.56. The van der Waals surface area contributed by atoms with Gasteiger partial charge < -0.3 is 9.47 Å². The fraction of sp³-hybridized carbons (Fsp3) is 0.0938. The summed E-state index contributed by atoms with van der Waals surface area (Å²) in [5.41, 5.74) is 25.0. The van der Waals surface area contributed by atoms with Crippen LogP contribution in [-0.4, -0.2) is 4.57 Å². The molecule has 1 spiro atoms. The highest BCUT2D eigenvalue weighted by atomic mass is 15.1. The molecule has 0 fully saturated rings. The molecule has 0 saturated heterocycles. The molecule has 0 bridgehead atoms. The minimum absolute atomic E-state index is 0.114. The molecule has 66 heavy (non-hydrogen) atoms. The van der Waals surface area contributed by atoms with Gasteiger partial charge in [0.15, 0.2) is 0 Å². The zero-order valence-corrected chi connectivity index (χ0v) is 37.5. The number of rotatable bonds is 4. The standard InChI is InChI=1S/C64H46N2/c1-39-24-32-60-51(34-39)52-35-40(2)36-58-62(52)66(60)61-33-27-43(37-57(61)64(58)54-21-11-8-18-48(54)49-19-9-12-22-55(49)64)41-25-28-44(29-26-41)65(59-23-13-15-42-14-5-6-16-46(42)59)45-30-31-50-47-17-7-10-20-53(47)63(3,4)56(50)38-45/h5-38H,1-4H3. The lowest BCUT2D eigenvalue weighted by atomic mass is 9.65. The first-order valence-electron chi connectivity index (χ1n) is 23.3. The Morgan fingerprint density at radius 2 is 1.02 bits per heavy atom. The van der Waals surface area contributed by atoms with Gasteiger partial charge in [0.05, 0.1) is 27.8 Å². The molecule has 2 aliphatic carbocycles. The number of hydrogen-bond donors (Lipinski definition) is 0. The summed E-state index contributed by atoms with van der Waals surface area (Å²) in [6.07, 6.45) is 0. The first kappa shape index (κ1) is 37.4. The molecule has 11 aromatic rings. The van der Waals surface area contributed by atoms with Gasteiger partial charge in [0.25, 0.3) is 0 Å². The zero-order valence-electron chi connectivity index (χ0n) is 37.5. The second-order valence-corrected chi connectivity index (χ2v) is 19.4. The summed E-state index contributed by atoms with van der Waals surface area (Å²) in [6.45, 7) is 9.22. The second-order valence-electron chi connectivity index (χ2n) is 19.4. The Kier molecular flexibility index (Phi) is 7.55. The molecule has 14 rings (SSSR count). The largest absolute Gasteiger partial charge is 0.310 e. The van der Waals surface area contributed by atoms with E-state index in [1.807, 2.05) is 0 Å². The summed E-state index contributed by atoms with van der Waals surface area (Å²) in [7, 11) is 0. The number of nitrogens with zero attached hydrogens (tertiary/aromatic N) is 2. The molecule has 2 nitrogen and oxygen atoms in total. The Morgan fingerprint density at radius 1 is 0.394 bits per heavy atom. The lowest BCUT2D eigenvalue weighted by Crippen LogP contribution is -2.33. The van der Waals surface area contributed by atoms with E-state index in [1.54, 1.807) is 0 Å². The first-order chi connectivity index (χ1) is 32.3. The van der Waals surface area contributed by atoms with Gasteiger partial charge in [-0.1, -0.05) is 171 Å². The Bertz CT molecular complexity index is 3830. The first-order valence-corrected chi connectivity index (χ1v) is 23.3. The topological polar surface area (TPSA) is 8.17 Å². The number of aromatic nitrogens is 1. The zero-order chi connectivity index (χ0) is 44.1. The molecular weight excluding hydrogens is 797 g/mol. The Hall–Kier alpha value is -7.94. The summed E-state index contributed by atoms with van der Waals surface area (Å²) >= 11 is 0. The van der Waals surface area contributed by atoms with Crippen LogP contribution in [0.3, 0.4) is 0 Å². The van der Waals surface area contributed by atoms with Crippen LogP contribution in [0.15, 0.2) is 206 Å². The number of anilines is 3. The van der Waals surface area contributed by atoms with E-state index in [0.29, 0.717) is 0 Å². The van der Waals surface area contributed by atoms with Crippen molar-refractivity contribution < 1.29 is 0 Å². The van der Waals surface area contributed by atoms with Gasteiger partial charge in [0.2, 0.25) is 0 Å². The summed E-state index contributed by atoms with van der Waals surface area (Å²) in [5, 5.41) is 5.08. The Balaban J connectivity index is 0.977. The maximum Gasteiger partial charge on any atom is 0.0754 e. The smallest absolute Gasteiger partial charge is 0.0754 e. The van der Waals surface area contributed by atoms with Crippen molar-refractivity contribution in [3.63, 3.8) is 0 Å². The van der Waals surface area contributed by atoms with Gasteiger partial charge in [-0.2, -0.15) is 0 Å². The highest BCUT2D eigenvalue weighted by Crippen LogP contribution is 2.62. The van der Waals surface area contributed by atoms with E-state index in [2.05, 4.69) is 243 Å². The van der Waals surface area contributed by atoms with Gasteiger partial charge in [-0.3, -0.25) is 0 Å². The monoisotopic (exact) mass is 842 g/mol. The fourth-order valence-corrected chi connectivity index (χ4v) is 12.6. The van der Waals surface area contributed by atoms with Crippen molar-refractivity contribution in [2.24, 2.45) is 0 Å². The van der Waals surface area contributed by atoms with Crippen LogP contribution in [-0.2, 0) is 10.8 Å². The third kappa shape index (κ3) is 4.86. The normalized spacial score (nSPS) is 14.3. The van der Waals surface area contributed by atoms with E-state index in [0.717, 1.165) is 17.1 Å². The van der Waals surface area contributed by atoms with Gasteiger partial charge in [0.1, 0.15) is 0 Å². The molecule has 312 valence electrons. The van der Waals surface area contributed by atoms with Gasteiger partial charge in [-0.15, -0.1) is 0 Å². The van der Waals surface area contributed by atoms with Crippen molar-refractivity contribution in [2.75, 3.05) is 4.90 Å². The lowest BCUT2D eigenvalue weighted by molar-refractivity contribution is 0.660. The third-order valence-electron chi connectivity index (χ3n) is 15.5. The maximum atomic E-state index is 2.56. The molecule has 3 aliphatic rings. The van der Waals surface area contributed by atoms with E-state index in [1.165, 1.54) is 116 Å². The SMILES string of the molecule is Cc1ccc2c(c1)c1cc(C)cc3c1n2-c1ccc(-c2ccc(N(c4ccc5c(c4)C(C)(C)c4ccccc4-5)c4cccc5ccccc45)cc2)cc1C31c2ccccc2-c2ccccc21. The minimum Gasteiger partial charge on any atom is -0.310 e. The number of aryl methyl sites for hydroxylation is 2. The van der Waals surface area contributed by atoms with E-state index in [4.69, 9.17) is 0 Å². The molecule has 0 unspecified atom stereocenters. The highest BCUT2D eigenvalue weighted by Gasteiger charge is 2.51. The molecule has 0 radical (unpaired) electrons. The van der Waals surface area contributed by atoms with Crippen LogP contribution in [0, 0.1) is 13.8 Å². The molecule has 10 aromatic carbocycles. The maximum absolute atomic E-state index is 2.56. The Morgan fingerprint density at radius 3 is 1.79 bits per heavy atom. The lowest BCUT2D eigenvalue weighted by Gasteiger charge is -2.40. The molecule has 2 heterocycles. The van der Waals surface area contributed by atoms with Crippen LogP contribution < -0.4 is 4.90 Å². The van der Waals surface area contributed by atoms with Crippen molar-refractivity contribution in [3.05, 3.63) is 251 Å². The molecule has 0 N–H and O–H groups in total. The molecular formula is C64H46N2. The predicted octanol–water partition coefficient (Wildman–Crippen LogP) is 16.7. The highest BCUT2D eigenvalue weighted by molar-refractivity contribution is 6.13. The van der Waals surface area contributed by atoms with Gasteiger partial charge in [0, 0.05) is 32.9 Å². The van der Waals surface area contributed by atoms with Crippen molar-refractivity contribution in [2.45, 2.75) is 38.5 Å². The molecule has 2 heteroatoms. The predicted molar refractivity (Wildman–Crippen MR) is 276 cm³/mol. The number of benzene rings is 10. The molecule has 0 saturated carbocycles. The molecule has 0 amide bonds. The van der Waals surface area contributed by atoms with Crippen LogP contribution in [0.25, 0.3) is 71.6 Å². The van der Waals surface area contributed by atoms with Crippen LogP contribution in [0.5, 0.6) is 0 Å². The number of hydrogen-bond acceptors (Lipinski definition) is 1. The van der Waals surface area contributed by atoms with E-state index >= 15 is 0 Å². The summed E-state index contributed by atoms with van der Waals surface area (Å²) in [5.74, 6) is 0. The van der Waals surface area contributed by atoms with Crippen molar-refractivity contribution in [1.82, 2.24) is 4.57 Å². The quantitative estimate of drug-likeness (QED) is 0.171. The molecule has 1 aliphatic heterocycles. The fourth-order valence-electron chi connectivity index (χ4n) is 12.6. The summed E-state index contributed by atoms with van der Waals surface area (Å²) in [6, 6.07) is 78.2. The van der Waals surface area contributed by atoms with E-state index in [9.17, 15) is 0 Å². The molecule has 0 atom stereocenters. The van der Waals surface area contributed by atoms with Crippen LogP contribution in [0.2, 0.25) is 0 Å². The summed E-state index contributed by atoms with van der Waals surface area (Å²) in [4.78, 5) is 2.46. The van der Waals surface area contributed by atoms with Gasteiger partial charge in [-0.25, -0.2) is 0 Å². The van der Waals surface area contributed by atoms with Gasteiger partial charge >= 0.3 is 0 Å². The van der Waals surface area contributed by atoms with Crippen LogP contribution >= 0.6 is 0 Å². The van der Waals surface area contributed by atoms with Crippen LogP contribution in [0.1, 0.15) is 58.4 Å². The Labute approximate surface area is 385 Å². The average molecular weight is 843 g/mol. The van der Waals surface area contributed by atoms with Gasteiger partial charge in [-0.05, 0) is 147 Å². The average Bonchev–Trinajstić information content (AvgIpc) is 3.92. The third-order valence-corrected chi connectivity index (χ3v) is 15.5. The van der Waals surface area contributed by atoms with E-state index < -0.39 is 5.41 Å². The molecule has 1 aromatic heterocycles. The minimum atomic E-state index is -0.506. The van der Waals surface area contributed by atoms with Crippen LogP contribution in [0.4, 0.5) is 17.1 Å². The van der Waals surface area contributed by atoms with Crippen molar-refractivity contribution in [1.29, 1.82) is 0 Å². The van der Waals surface area contributed by atoms with Crippen molar-refractivity contribution in [3.8, 4) is 39.1 Å².